The Bertz CT molecular complexity index is 551. The molecule has 1 aliphatic heterocycles. The van der Waals surface area contributed by atoms with Gasteiger partial charge in [0.1, 0.15) is 0 Å². The van der Waals surface area contributed by atoms with E-state index >= 15 is 0 Å². The second-order valence-corrected chi connectivity index (χ2v) is 6.32. The molecular weight excluding hydrogens is 256 g/mol. The van der Waals surface area contributed by atoms with Gasteiger partial charge in [0.05, 0.1) is 5.70 Å². The summed E-state index contributed by atoms with van der Waals surface area (Å²) >= 11 is 0. The Morgan fingerprint density at radius 1 is 1.10 bits per heavy atom. The van der Waals surface area contributed by atoms with Crippen LogP contribution >= 0.6 is 0 Å². The van der Waals surface area contributed by atoms with Gasteiger partial charge >= 0.3 is 0 Å². The minimum absolute atomic E-state index is 0.562. The van der Waals surface area contributed by atoms with Crippen molar-refractivity contribution in [1.82, 2.24) is 5.43 Å². The normalized spacial score (nSPS) is 22.8. The fraction of sp³-hybridized carbons (Fsp3) is 0.526. The molecule has 3 rings (SSSR count). The van der Waals surface area contributed by atoms with Gasteiger partial charge in [0, 0.05) is 11.6 Å². The summed E-state index contributed by atoms with van der Waals surface area (Å²) in [5.74, 6) is 0.562. The molecule has 1 heterocycles. The maximum Gasteiger partial charge on any atom is 0.0632 e. The Kier molecular flexibility index (Phi) is 4.42. The number of rotatable bonds is 2. The number of fused-ring (bicyclic) bond motifs is 1. The molecule has 112 valence electrons. The number of hydrazone groups is 1. The number of hydrogen-bond acceptors (Lipinski definition) is 2. The average molecular weight is 282 g/mol. The van der Waals surface area contributed by atoms with E-state index in [1.165, 1.54) is 61.1 Å². The van der Waals surface area contributed by atoms with Crippen molar-refractivity contribution in [3.05, 3.63) is 41.0 Å². The minimum Gasteiger partial charge on any atom is -0.278 e. The van der Waals surface area contributed by atoms with Crippen LogP contribution in [-0.4, -0.2) is 5.71 Å². The second-order valence-electron chi connectivity index (χ2n) is 6.32. The van der Waals surface area contributed by atoms with E-state index in [1.807, 2.05) is 0 Å². The van der Waals surface area contributed by atoms with Crippen LogP contribution in [0.1, 0.15) is 63.5 Å². The molecule has 2 aliphatic rings. The van der Waals surface area contributed by atoms with Crippen molar-refractivity contribution in [1.29, 1.82) is 0 Å². The highest BCUT2D eigenvalue weighted by Crippen LogP contribution is 2.35. The van der Waals surface area contributed by atoms with Gasteiger partial charge in [-0.25, -0.2) is 0 Å². The number of benzene rings is 1. The van der Waals surface area contributed by atoms with Crippen LogP contribution in [0.5, 0.6) is 0 Å². The molecule has 1 aromatic rings. The Labute approximate surface area is 128 Å². The Morgan fingerprint density at radius 2 is 1.86 bits per heavy atom. The average Bonchev–Trinajstić information content (AvgIpc) is 2.49. The van der Waals surface area contributed by atoms with Gasteiger partial charge < -0.3 is 0 Å². The topological polar surface area (TPSA) is 24.4 Å². The van der Waals surface area contributed by atoms with Crippen LogP contribution in [0.3, 0.4) is 0 Å². The first-order chi connectivity index (χ1) is 10.3. The molecular formula is C19H26N2. The van der Waals surface area contributed by atoms with Gasteiger partial charge in [-0.1, -0.05) is 50.5 Å². The Balaban J connectivity index is 1.96. The number of hydrogen-bond donors (Lipinski definition) is 1. The van der Waals surface area contributed by atoms with Crippen molar-refractivity contribution in [3.63, 3.8) is 0 Å². The van der Waals surface area contributed by atoms with Crippen LogP contribution in [0.4, 0.5) is 0 Å². The van der Waals surface area contributed by atoms with Crippen molar-refractivity contribution in [2.45, 2.75) is 58.8 Å². The van der Waals surface area contributed by atoms with E-state index < -0.39 is 0 Å². The van der Waals surface area contributed by atoms with E-state index in [0.29, 0.717) is 5.92 Å². The third-order valence-electron chi connectivity index (χ3n) is 4.93. The van der Waals surface area contributed by atoms with Gasteiger partial charge in [-0.2, -0.15) is 5.10 Å². The first kappa shape index (κ1) is 14.4. The SMILES string of the molecule is CCc1ccc(C2=C3CCCCCCC3C(C)=NN2)cc1. The van der Waals surface area contributed by atoms with E-state index in [2.05, 4.69) is 48.6 Å². The molecule has 1 aromatic carbocycles. The first-order valence-corrected chi connectivity index (χ1v) is 8.42. The molecule has 1 unspecified atom stereocenters. The smallest absolute Gasteiger partial charge is 0.0632 e. The lowest BCUT2D eigenvalue weighted by Crippen LogP contribution is -2.27. The third kappa shape index (κ3) is 3.04. The van der Waals surface area contributed by atoms with Crippen molar-refractivity contribution in [3.8, 4) is 0 Å². The highest BCUT2D eigenvalue weighted by Gasteiger charge is 2.26. The largest absolute Gasteiger partial charge is 0.278 e. The summed E-state index contributed by atoms with van der Waals surface area (Å²) < 4.78 is 0. The van der Waals surface area contributed by atoms with Gasteiger partial charge in [-0.05, 0) is 49.3 Å². The molecule has 2 heteroatoms. The van der Waals surface area contributed by atoms with E-state index in [1.54, 1.807) is 5.57 Å². The summed E-state index contributed by atoms with van der Waals surface area (Å²) in [6.45, 7) is 4.38. The standard InChI is InChI=1S/C19H26N2/c1-3-15-10-12-16(13-11-15)19-18-9-7-5-4-6-8-17(18)14(2)20-21-19/h10-13,17,21H,3-9H2,1-2H3. The van der Waals surface area contributed by atoms with Crippen LogP contribution in [-0.2, 0) is 6.42 Å². The summed E-state index contributed by atoms with van der Waals surface area (Å²) in [5, 5.41) is 4.60. The van der Waals surface area contributed by atoms with E-state index in [-0.39, 0.29) is 0 Å². The number of nitrogens with one attached hydrogen (secondary N) is 1. The summed E-state index contributed by atoms with van der Waals surface area (Å²) in [6, 6.07) is 8.99. The predicted octanol–water partition coefficient (Wildman–Crippen LogP) is 4.91. The van der Waals surface area contributed by atoms with Gasteiger partial charge in [0.25, 0.3) is 0 Å². The molecule has 0 aromatic heterocycles. The summed E-state index contributed by atoms with van der Waals surface area (Å²) in [6.07, 6.45) is 8.98. The molecule has 2 nitrogen and oxygen atoms in total. The van der Waals surface area contributed by atoms with Crippen LogP contribution in [0.25, 0.3) is 5.70 Å². The number of allylic oxidation sites excluding steroid dienone is 1. The maximum absolute atomic E-state index is 4.60. The van der Waals surface area contributed by atoms with Crippen molar-refractivity contribution < 1.29 is 0 Å². The van der Waals surface area contributed by atoms with Gasteiger partial charge in [0.15, 0.2) is 0 Å². The zero-order chi connectivity index (χ0) is 14.7. The summed E-state index contributed by atoms with van der Waals surface area (Å²) in [7, 11) is 0. The van der Waals surface area contributed by atoms with Crippen LogP contribution in [0, 0.1) is 5.92 Å². The minimum atomic E-state index is 0.562. The quantitative estimate of drug-likeness (QED) is 0.819. The maximum atomic E-state index is 4.60. The summed E-state index contributed by atoms with van der Waals surface area (Å²) in [4.78, 5) is 0. The molecule has 0 spiro atoms. The lowest BCUT2D eigenvalue weighted by Gasteiger charge is -2.30. The van der Waals surface area contributed by atoms with E-state index in [9.17, 15) is 0 Å². The number of nitrogens with zero attached hydrogens (tertiary/aromatic N) is 1. The van der Waals surface area contributed by atoms with Gasteiger partial charge in [-0.15, -0.1) is 0 Å². The molecule has 0 amide bonds. The van der Waals surface area contributed by atoms with E-state index in [4.69, 9.17) is 0 Å². The molecule has 21 heavy (non-hydrogen) atoms. The summed E-state index contributed by atoms with van der Waals surface area (Å²) in [5.41, 5.74) is 10.2. The zero-order valence-corrected chi connectivity index (χ0v) is 13.3. The molecule has 0 bridgehead atoms. The lowest BCUT2D eigenvalue weighted by molar-refractivity contribution is 0.520. The molecule has 1 atom stereocenters. The van der Waals surface area contributed by atoms with Gasteiger partial charge in [0.2, 0.25) is 0 Å². The zero-order valence-electron chi connectivity index (χ0n) is 13.3. The molecule has 0 radical (unpaired) electrons. The predicted molar refractivity (Wildman–Crippen MR) is 90.2 cm³/mol. The van der Waals surface area contributed by atoms with Gasteiger partial charge in [-0.3, -0.25) is 5.43 Å². The lowest BCUT2D eigenvalue weighted by atomic mass is 9.81. The Hall–Kier alpha value is -1.57. The monoisotopic (exact) mass is 282 g/mol. The van der Waals surface area contributed by atoms with Crippen molar-refractivity contribution in [2.75, 3.05) is 0 Å². The fourth-order valence-corrected chi connectivity index (χ4v) is 3.58. The second kappa shape index (κ2) is 6.46. The van der Waals surface area contributed by atoms with Crippen molar-refractivity contribution >= 4 is 11.4 Å². The van der Waals surface area contributed by atoms with Crippen LogP contribution in [0.15, 0.2) is 34.9 Å². The number of aryl methyl sites for hydroxylation is 1. The molecule has 1 fully saturated rings. The van der Waals surface area contributed by atoms with Crippen molar-refractivity contribution in [2.24, 2.45) is 11.0 Å². The highest BCUT2D eigenvalue weighted by molar-refractivity contribution is 5.91. The first-order valence-electron chi connectivity index (χ1n) is 8.42. The Morgan fingerprint density at radius 3 is 2.62 bits per heavy atom. The highest BCUT2D eigenvalue weighted by atomic mass is 15.3. The van der Waals surface area contributed by atoms with E-state index in [0.717, 1.165) is 6.42 Å². The third-order valence-corrected chi connectivity index (χ3v) is 4.93. The fourth-order valence-electron chi connectivity index (χ4n) is 3.58. The molecule has 1 N–H and O–H groups in total. The molecule has 1 aliphatic carbocycles. The van der Waals surface area contributed by atoms with Crippen LogP contribution < -0.4 is 5.43 Å². The molecule has 0 saturated heterocycles. The molecule has 1 saturated carbocycles. The van der Waals surface area contributed by atoms with Crippen LogP contribution in [0.2, 0.25) is 0 Å².